The summed E-state index contributed by atoms with van der Waals surface area (Å²) >= 11 is 3.26. The van der Waals surface area contributed by atoms with Crippen LogP contribution >= 0.6 is 26.6 Å². The molecule has 1 aromatic carbocycles. The van der Waals surface area contributed by atoms with E-state index in [2.05, 4.69) is 21.0 Å². The molecule has 2 aromatic rings. The van der Waals surface area contributed by atoms with Crippen LogP contribution in [0.2, 0.25) is 0 Å². The number of hydrogen-bond acceptors (Lipinski definition) is 4. The fourth-order valence-corrected chi connectivity index (χ4v) is 3.65. The van der Waals surface area contributed by atoms with E-state index in [0.717, 1.165) is 12.1 Å². The van der Waals surface area contributed by atoms with Gasteiger partial charge in [0, 0.05) is 33.5 Å². The van der Waals surface area contributed by atoms with Crippen molar-refractivity contribution in [2.75, 3.05) is 0 Å². The lowest BCUT2D eigenvalue weighted by molar-refractivity contribution is 0.295. The van der Waals surface area contributed by atoms with Crippen molar-refractivity contribution in [1.82, 2.24) is 9.78 Å². The number of rotatable bonds is 5. The van der Waals surface area contributed by atoms with E-state index in [9.17, 15) is 8.42 Å². The van der Waals surface area contributed by atoms with Crippen molar-refractivity contribution in [3.8, 4) is 5.75 Å². The maximum Gasteiger partial charge on any atom is 0.265 e. The molecule has 0 radical (unpaired) electrons. The third kappa shape index (κ3) is 3.99. The van der Waals surface area contributed by atoms with Gasteiger partial charge in [-0.25, -0.2) is 8.42 Å². The van der Waals surface area contributed by atoms with E-state index in [1.165, 1.54) is 6.07 Å². The first-order valence-electron chi connectivity index (χ1n) is 6.20. The number of halogens is 2. The van der Waals surface area contributed by atoms with Crippen LogP contribution in [0.15, 0.2) is 33.9 Å². The Balaban J connectivity index is 2.31. The number of aromatic nitrogens is 2. The van der Waals surface area contributed by atoms with Gasteiger partial charge in [0.25, 0.3) is 9.05 Å². The summed E-state index contributed by atoms with van der Waals surface area (Å²) in [6.45, 7) is 4.73. The van der Waals surface area contributed by atoms with Crippen LogP contribution in [0.5, 0.6) is 5.75 Å². The Hall–Kier alpha value is -1.05. The molecule has 0 amide bonds. The van der Waals surface area contributed by atoms with Gasteiger partial charge >= 0.3 is 0 Å². The first-order chi connectivity index (χ1) is 9.81. The van der Waals surface area contributed by atoms with E-state index in [1.807, 2.05) is 13.1 Å². The van der Waals surface area contributed by atoms with Gasteiger partial charge in [-0.2, -0.15) is 5.10 Å². The van der Waals surface area contributed by atoms with Gasteiger partial charge in [0.05, 0.1) is 6.20 Å². The van der Waals surface area contributed by atoms with Crippen molar-refractivity contribution in [2.45, 2.75) is 31.9 Å². The summed E-state index contributed by atoms with van der Waals surface area (Å²) in [4.78, 5) is -0.0427. The highest BCUT2D eigenvalue weighted by atomic mass is 79.9. The molecule has 0 unspecified atom stereocenters. The maximum absolute atomic E-state index is 11.7. The molecule has 0 atom stereocenters. The average Bonchev–Trinajstić information content (AvgIpc) is 2.83. The van der Waals surface area contributed by atoms with Gasteiger partial charge in [-0.3, -0.25) is 4.68 Å². The monoisotopic (exact) mass is 392 g/mol. The number of aryl methyl sites for hydroxylation is 2. The third-order valence-corrected chi connectivity index (χ3v) is 4.65. The summed E-state index contributed by atoms with van der Waals surface area (Å²) in [5.74, 6) is 0.262. The molecule has 0 aliphatic heterocycles. The molecule has 0 aliphatic carbocycles. The third-order valence-electron chi connectivity index (χ3n) is 2.86. The Morgan fingerprint density at radius 1 is 1.43 bits per heavy atom. The maximum atomic E-state index is 11.7. The van der Waals surface area contributed by atoms with Crippen molar-refractivity contribution in [3.05, 3.63) is 40.1 Å². The van der Waals surface area contributed by atoms with Gasteiger partial charge in [0.2, 0.25) is 0 Å². The summed E-state index contributed by atoms with van der Waals surface area (Å²) in [6.07, 6.45) is 3.54. The molecular weight excluding hydrogens is 380 g/mol. The summed E-state index contributed by atoms with van der Waals surface area (Å²) in [5, 5.41) is 4.14. The molecule has 0 fully saturated rings. The highest BCUT2D eigenvalue weighted by Gasteiger charge is 2.20. The molecule has 21 heavy (non-hydrogen) atoms. The predicted octanol–water partition coefficient (Wildman–Crippen LogP) is 3.48. The number of benzene rings is 1. The van der Waals surface area contributed by atoms with Crippen molar-refractivity contribution in [2.24, 2.45) is 0 Å². The lowest BCUT2D eigenvalue weighted by atomic mass is 10.2. The Morgan fingerprint density at radius 2 is 2.14 bits per heavy atom. The molecular formula is C13H14BrClN2O3S. The van der Waals surface area contributed by atoms with Gasteiger partial charge in [-0.1, -0.05) is 15.9 Å². The fourth-order valence-electron chi connectivity index (χ4n) is 1.87. The highest BCUT2D eigenvalue weighted by Crippen LogP contribution is 2.34. The van der Waals surface area contributed by atoms with E-state index < -0.39 is 9.05 Å². The molecule has 114 valence electrons. The fraction of sp³-hybridized carbons (Fsp3) is 0.308. The minimum atomic E-state index is -3.89. The van der Waals surface area contributed by atoms with Gasteiger partial charge < -0.3 is 4.74 Å². The molecule has 0 spiro atoms. The first-order valence-corrected chi connectivity index (χ1v) is 9.30. The van der Waals surface area contributed by atoms with Crippen LogP contribution in [0.3, 0.4) is 0 Å². The van der Waals surface area contributed by atoms with Crippen LogP contribution in [0.25, 0.3) is 0 Å². The lowest BCUT2D eigenvalue weighted by Crippen LogP contribution is -2.02. The van der Waals surface area contributed by atoms with Crippen molar-refractivity contribution >= 4 is 35.7 Å². The van der Waals surface area contributed by atoms with Crippen molar-refractivity contribution in [3.63, 3.8) is 0 Å². The van der Waals surface area contributed by atoms with Crippen LogP contribution in [-0.2, 0) is 22.2 Å². The smallest absolute Gasteiger partial charge is 0.265 e. The molecule has 0 bridgehead atoms. The zero-order valence-corrected chi connectivity index (χ0v) is 14.7. The zero-order valence-electron chi connectivity index (χ0n) is 11.5. The summed E-state index contributed by atoms with van der Waals surface area (Å²) < 4.78 is 31.4. The van der Waals surface area contributed by atoms with Crippen LogP contribution in [0.4, 0.5) is 0 Å². The predicted molar refractivity (Wildman–Crippen MR) is 84.2 cm³/mol. The number of hydrogen-bond donors (Lipinski definition) is 0. The minimum absolute atomic E-state index is 0.0427. The van der Waals surface area contributed by atoms with E-state index in [1.54, 1.807) is 23.9 Å². The average molecular weight is 394 g/mol. The molecule has 5 nitrogen and oxygen atoms in total. The molecule has 0 saturated carbocycles. The largest absolute Gasteiger partial charge is 0.487 e. The van der Waals surface area contributed by atoms with E-state index >= 15 is 0 Å². The van der Waals surface area contributed by atoms with E-state index in [4.69, 9.17) is 15.4 Å². The Bertz CT molecular complexity index is 759. The van der Waals surface area contributed by atoms with Crippen molar-refractivity contribution < 1.29 is 13.2 Å². The van der Waals surface area contributed by atoms with Gasteiger partial charge in [0.1, 0.15) is 17.3 Å². The summed E-state index contributed by atoms with van der Waals surface area (Å²) in [5.41, 5.74) is 1.54. The second kappa shape index (κ2) is 6.37. The van der Waals surface area contributed by atoms with Gasteiger partial charge in [-0.15, -0.1) is 0 Å². The van der Waals surface area contributed by atoms with Gasteiger partial charge in [0.15, 0.2) is 0 Å². The van der Waals surface area contributed by atoms with Crippen LogP contribution < -0.4 is 4.74 Å². The normalized spacial score (nSPS) is 11.6. The van der Waals surface area contributed by atoms with E-state index in [-0.39, 0.29) is 17.3 Å². The Kier molecular flexibility index (Phi) is 4.95. The zero-order chi connectivity index (χ0) is 15.6. The Morgan fingerprint density at radius 3 is 2.71 bits per heavy atom. The summed E-state index contributed by atoms with van der Waals surface area (Å²) in [6, 6.07) is 3.20. The standard InChI is InChI=1S/C13H14BrClN2O3S/c1-3-17-7-10(6-16-17)8-20-13-9(2)4-11(14)5-12(13)21(15,18)19/h4-7H,3,8H2,1-2H3. The van der Waals surface area contributed by atoms with Crippen LogP contribution in [0, 0.1) is 6.92 Å². The molecule has 0 saturated heterocycles. The van der Waals surface area contributed by atoms with Crippen LogP contribution in [-0.4, -0.2) is 18.2 Å². The molecule has 2 rings (SSSR count). The topological polar surface area (TPSA) is 61.2 Å². The second-order valence-corrected chi connectivity index (χ2v) is 7.93. The lowest BCUT2D eigenvalue weighted by Gasteiger charge is -2.12. The first kappa shape index (κ1) is 16.3. The number of ether oxygens (including phenoxy) is 1. The molecule has 1 heterocycles. The minimum Gasteiger partial charge on any atom is -0.487 e. The van der Waals surface area contributed by atoms with E-state index in [0.29, 0.717) is 10.0 Å². The SMILES string of the molecule is CCn1cc(COc2c(C)cc(Br)cc2S(=O)(=O)Cl)cn1. The molecule has 0 aliphatic rings. The number of nitrogens with zero attached hydrogens (tertiary/aromatic N) is 2. The summed E-state index contributed by atoms with van der Waals surface area (Å²) in [7, 11) is 1.58. The van der Waals surface area contributed by atoms with Crippen molar-refractivity contribution in [1.29, 1.82) is 0 Å². The molecule has 8 heteroatoms. The highest BCUT2D eigenvalue weighted by molar-refractivity contribution is 9.10. The second-order valence-electron chi connectivity index (χ2n) is 4.48. The van der Waals surface area contributed by atoms with Gasteiger partial charge in [-0.05, 0) is 31.5 Å². The van der Waals surface area contributed by atoms with Crippen LogP contribution in [0.1, 0.15) is 18.1 Å². The Labute approximate surface area is 136 Å². The molecule has 0 N–H and O–H groups in total. The quantitative estimate of drug-likeness (QED) is 0.730. The molecule has 1 aromatic heterocycles.